The average molecular weight is 170 g/mol. The Hall–Kier alpha value is -1.90. The van der Waals surface area contributed by atoms with Gasteiger partial charge >= 0.3 is 0 Å². The third kappa shape index (κ3) is 1.49. The molecule has 0 saturated carbocycles. The van der Waals surface area contributed by atoms with E-state index in [0.717, 1.165) is 11.3 Å². The maximum Gasteiger partial charge on any atom is 0.113 e. The molecule has 0 aliphatic rings. The Morgan fingerprint density at radius 2 is 2.15 bits per heavy atom. The number of nitrogens with zero attached hydrogens (tertiary/aromatic N) is 3. The lowest BCUT2D eigenvalue weighted by atomic mass is 10.2. The van der Waals surface area contributed by atoms with Gasteiger partial charge in [0.25, 0.3) is 0 Å². The van der Waals surface area contributed by atoms with Crippen LogP contribution in [-0.2, 0) is 0 Å². The van der Waals surface area contributed by atoms with Crippen LogP contribution in [-0.4, -0.2) is 15.0 Å². The van der Waals surface area contributed by atoms with Crippen LogP contribution in [0.2, 0.25) is 0 Å². The first-order chi connectivity index (χ1) is 6.40. The van der Waals surface area contributed by atoms with E-state index in [4.69, 9.17) is 0 Å². The molecule has 2 rings (SSSR count). The maximum atomic E-state index is 3.99. The van der Waals surface area contributed by atoms with Crippen LogP contribution in [0.1, 0.15) is 0 Å². The highest BCUT2D eigenvalue weighted by Crippen LogP contribution is 2.14. The van der Waals surface area contributed by atoms with Gasteiger partial charge in [-0.3, -0.25) is 0 Å². The molecule has 3 nitrogen and oxygen atoms in total. The lowest BCUT2D eigenvalue weighted by Gasteiger charge is -1.91. The van der Waals surface area contributed by atoms with Crippen LogP contribution in [0, 0.1) is 6.07 Å². The summed E-state index contributed by atoms with van der Waals surface area (Å²) in [5.74, 6) is 0. The van der Waals surface area contributed by atoms with Crippen molar-refractivity contribution in [3.05, 3.63) is 43.1 Å². The molecule has 0 spiro atoms. The fraction of sp³-hybridized carbons (Fsp3) is 0. The highest BCUT2D eigenvalue weighted by Gasteiger charge is 1.99. The van der Waals surface area contributed by atoms with Gasteiger partial charge in [0, 0.05) is 11.8 Å². The van der Waals surface area contributed by atoms with Crippen LogP contribution in [0.5, 0.6) is 0 Å². The summed E-state index contributed by atoms with van der Waals surface area (Å²) in [4.78, 5) is 0. The van der Waals surface area contributed by atoms with Crippen molar-refractivity contribution >= 4 is 6.20 Å². The third-order valence-corrected chi connectivity index (χ3v) is 1.71. The predicted octanol–water partition coefficient (Wildman–Crippen LogP) is 1.85. The van der Waals surface area contributed by atoms with Gasteiger partial charge in [-0.2, -0.15) is 0 Å². The quantitative estimate of drug-likeness (QED) is 0.688. The van der Waals surface area contributed by atoms with E-state index in [9.17, 15) is 0 Å². The highest BCUT2D eigenvalue weighted by molar-refractivity contribution is 5.57. The van der Waals surface area contributed by atoms with Crippen molar-refractivity contribution in [1.82, 2.24) is 15.0 Å². The molecule has 0 aliphatic carbocycles. The summed E-state index contributed by atoms with van der Waals surface area (Å²) in [6.45, 7) is 3.59. The number of hydrogen-bond donors (Lipinski definition) is 0. The largest absolute Gasteiger partial charge is 0.228 e. The van der Waals surface area contributed by atoms with Gasteiger partial charge in [0.15, 0.2) is 0 Å². The molecule has 0 unspecified atom stereocenters. The first kappa shape index (κ1) is 7.73. The van der Waals surface area contributed by atoms with Crippen molar-refractivity contribution in [3.8, 4) is 11.3 Å². The standard InChI is InChI=1S/C10H8N3/c1-2-13-8-10(11-12-13)9-6-4-3-5-7-9/h2,4-8H,1H2. The van der Waals surface area contributed by atoms with E-state index in [1.807, 2.05) is 30.5 Å². The van der Waals surface area contributed by atoms with Gasteiger partial charge in [0.2, 0.25) is 0 Å². The lowest BCUT2D eigenvalue weighted by Crippen LogP contribution is -1.83. The van der Waals surface area contributed by atoms with E-state index < -0.39 is 0 Å². The van der Waals surface area contributed by atoms with E-state index in [0.29, 0.717) is 0 Å². The van der Waals surface area contributed by atoms with Crippen LogP contribution in [0.25, 0.3) is 17.5 Å². The summed E-state index contributed by atoms with van der Waals surface area (Å²) in [6, 6.07) is 10.5. The first-order valence-corrected chi connectivity index (χ1v) is 3.91. The normalized spacial score (nSPS) is 9.85. The van der Waals surface area contributed by atoms with E-state index in [2.05, 4.69) is 23.0 Å². The Kier molecular flexibility index (Phi) is 1.92. The summed E-state index contributed by atoms with van der Waals surface area (Å²) >= 11 is 0. The van der Waals surface area contributed by atoms with Gasteiger partial charge in [0.1, 0.15) is 5.69 Å². The molecule has 0 N–H and O–H groups in total. The molecule has 63 valence electrons. The Morgan fingerprint density at radius 3 is 2.77 bits per heavy atom. The molecule has 13 heavy (non-hydrogen) atoms. The zero-order chi connectivity index (χ0) is 9.10. The van der Waals surface area contributed by atoms with Crippen molar-refractivity contribution in [1.29, 1.82) is 0 Å². The van der Waals surface area contributed by atoms with E-state index in [1.54, 1.807) is 10.9 Å². The monoisotopic (exact) mass is 170 g/mol. The molecular weight excluding hydrogens is 162 g/mol. The summed E-state index contributed by atoms with van der Waals surface area (Å²) < 4.78 is 1.58. The zero-order valence-corrected chi connectivity index (χ0v) is 7.01. The van der Waals surface area contributed by atoms with Gasteiger partial charge in [-0.25, -0.2) is 4.68 Å². The van der Waals surface area contributed by atoms with Crippen molar-refractivity contribution in [2.75, 3.05) is 0 Å². The minimum atomic E-state index is 0.842. The second-order valence-corrected chi connectivity index (χ2v) is 2.56. The molecule has 0 fully saturated rings. The summed E-state index contributed by atoms with van der Waals surface area (Å²) in [5, 5.41) is 7.83. The maximum absolute atomic E-state index is 3.99. The molecule has 2 aromatic rings. The number of rotatable bonds is 2. The van der Waals surface area contributed by atoms with Crippen LogP contribution in [0.3, 0.4) is 0 Å². The lowest BCUT2D eigenvalue weighted by molar-refractivity contribution is 0.842. The average Bonchev–Trinajstić information content (AvgIpc) is 2.67. The van der Waals surface area contributed by atoms with Gasteiger partial charge in [0.05, 0.1) is 6.20 Å². The minimum Gasteiger partial charge on any atom is -0.228 e. The van der Waals surface area contributed by atoms with Gasteiger partial charge < -0.3 is 0 Å². The number of aromatic nitrogens is 3. The molecule has 1 radical (unpaired) electrons. The van der Waals surface area contributed by atoms with Gasteiger partial charge in [-0.05, 0) is 6.07 Å². The van der Waals surface area contributed by atoms with E-state index in [-0.39, 0.29) is 0 Å². The molecular formula is C10H8N3. The molecule has 0 amide bonds. The Morgan fingerprint density at radius 1 is 1.38 bits per heavy atom. The van der Waals surface area contributed by atoms with E-state index in [1.165, 1.54) is 0 Å². The fourth-order valence-corrected chi connectivity index (χ4v) is 1.06. The van der Waals surface area contributed by atoms with Crippen LogP contribution in [0.4, 0.5) is 0 Å². The van der Waals surface area contributed by atoms with Crippen molar-refractivity contribution in [2.24, 2.45) is 0 Å². The minimum absolute atomic E-state index is 0.842. The Labute approximate surface area is 76.3 Å². The second-order valence-electron chi connectivity index (χ2n) is 2.56. The summed E-state index contributed by atoms with van der Waals surface area (Å²) in [6.07, 6.45) is 3.42. The second kappa shape index (κ2) is 3.23. The molecule has 1 aromatic carbocycles. The molecule has 0 saturated heterocycles. The third-order valence-electron chi connectivity index (χ3n) is 1.71. The molecule has 3 heteroatoms. The SMILES string of the molecule is C=Cn1cc(-c2cc[c]cc2)nn1. The first-order valence-electron chi connectivity index (χ1n) is 3.91. The smallest absolute Gasteiger partial charge is 0.113 e. The summed E-state index contributed by atoms with van der Waals surface area (Å²) in [7, 11) is 0. The van der Waals surface area contributed by atoms with Crippen LogP contribution in [0.15, 0.2) is 37.0 Å². The predicted molar refractivity (Wildman–Crippen MR) is 50.7 cm³/mol. The van der Waals surface area contributed by atoms with Gasteiger partial charge in [-0.1, -0.05) is 36.1 Å². The Bertz CT molecular complexity index is 403. The van der Waals surface area contributed by atoms with Crippen molar-refractivity contribution < 1.29 is 0 Å². The molecule has 1 aromatic heterocycles. The molecule has 1 heterocycles. The van der Waals surface area contributed by atoms with Gasteiger partial charge in [-0.15, -0.1) is 5.10 Å². The topological polar surface area (TPSA) is 30.7 Å². The zero-order valence-electron chi connectivity index (χ0n) is 7.01. The van der Waals surface area contributed by atoms with Crippen LogP contribution >= 0.6 is 0 Å². The fourth-order valence-electron chi connectivity index (χ4n) is 1.06. The number of benzene rings is 1. The van der Waals surface area contributed by atoms with Crippen LogP contribution < -0.4 is 0 Å². The van der Waals surface area contributed by atoms with E-state index >= 15 is 0 Å². The molecule has 0 bridgehead atoms. The summed E-state index contributed by atoms with van der Waals surface area (Å²) in [5.41, 5.74) is 1.88. The van der Waals surface area contributed by atoms with Crippen molar-refractivity contribution in [2.45, 2.75) is 0 Å². The highest BCUT2D eigenvalue weighted by atomic mass is 15.4. The van der Waals surface area contributed by atoms with Crippen molar-refractivity contribution in [3.63, 3.8) is 0 Å². The molecule has 0 atom stereocenters. The number of hydrogen-bond acceptors (Lipinski definition) is 2. The Balaban J connectivity index is 2.41. The molecule has 0 aliphatic heterocycles.